The highest BCUT2D eigenvalue weighted by atomic mass is 16.1. The highest BCUT2D eigenvalue weighted by molar-refractivity contribution is 5.96. The lowest BCUT2D eigenvalue weighted by Crippen LogP contribution is -1.97. The van der Waals surface area contributed by atoms with Gasteiger partial charge in [-0.3, -0.25) is 4.79 Å². The van der Waals surface area contributed by atoms with Crippen LogP contribution in [0.5, 0.6) is 0 Å². The molecule has 1 heteroatoms. The van der Waals surface area contributed by atoms with E-state index in [0.29, 0.717) is 6.42 Å². The first-order chi connectivity index (χ1) is 9.09. The lowest BCUT2D eigenvalue weighted by Gasteiger charge is -2.01. The molecular formula is C18H24O. The van der Waals surface area contributed by atoms with E-state index in [0.717, 1.165) is 24.8 Å². The van der Waals surface area contributed by atoms with E-state index in [1.807, 2.05) is 30.3 Å². The standard InChI is InChI=1S/C18H24O/c1-15(2)9-7-10-16(3)11-8-14-18(19)17-12-5-4-6-13-17/h4-6,9,11-13H,7-8,10,14H2,1-3H3/b16-11+. The van der Waals surface area contributed by atoms with Crippen LogP contribution in [0.2, 0.25) is 0 Å². The van der Waals surface area contributed by atoms with Crippen molar-refractivity contribution in [2.24, 2.45) is 0 Å². The van der Waals surface area contributed by atoms with Gasteiger partial charge in [-0.05, 0) is 40.0 Å². The maximum Gasteiger partial charge on any atom is 0.163 e. The van der Waals surface area contributed by atoms with Gasteiger partial charge in [0, 0.05) is 12.0 Å². The SMILES string of the molecule is CC(C)=CCC/C(C)=C/CCC(=O)c1ccccc1. The van der Waals surface area contributed by atoms with Crippen LogP contribution in [0.3, 0.4) is 0 Å². The van der Waals surface area contributed by atoms with Gasteiger partial charge in [-0.1, -0.05) is 53.6 Å². The summed E-state index contributed by atoms with van der Waals surface area (Å²) in [7, 11) is 0. The summed E-state index contributed by atoms with van der Waals surface area (Å²) in [6.45, 7) is 6.39. The molecule has 19 heavy (non-hydrogen) atoms. The molecule has 102 valence electrons. The smallest absolute Gasteiger partial charge is 0.163 e. The van der Waals surface area contributed by atoms with Crippen molar-refractivity contribution in [2.75, 3.05) is 0 Å². The van der Waals surface area contributed by atoms with Crippen molar-refractivity contribution < 1.29 is 4.79 Å². The Morgan fingerprint density at radius 3 is 2.21 bits per heavy atom. The van der Waals surface area contributed by atoms with Crippen molar-refractivity contribution in [3.05, 3.63) is 59.2 Å². The number of carbonyl (C=O) groups is 1. The zero-order valence-corrected chi connectivity index (χ0v) is 12.3. The van der Waals surface area contributed by atoms with Gasteiger partial charge in [0.2, 0.25) is 0 Å². The van der Waals surface area contributed by atoms with Crippen molar-refractivity contribution in [1.29, 1.82) is 0 Å². The van der Waals surface area contributed by atoms with Gasteiger partial charge in [0.05, 0.1) is 0 Å². The van der Waals surface area contributed by atoms with Crippen LogP contribution in [0, 0.1) is 0 Å². The van der Waals surface area contributed by atoms with Crippen LogP contribution in [0.25, 0.3) is 0 Å². The van der Waals surface area contributed by atoms with Gasteiger partial charge in [-0.15, -0.1) is 0 Å². The number of allylic oxidation sites excluding steroid dienone is 4. The van der Waals surface area contributed by atoms with Crippen LogP contribution in [0.15, 0.2) is 53.6 Å². The molecule has 1 aromatic carbocycles. The average molecular weight is 256 g/mol. The van der Waals surface area contributed by atoms with Gasteiger partial charge in [0.25, 0.3) is 0 Å². The molecular weight excluding hydrogens is 232 g/mol. The van der Waals surface area contributed by atoms with Gasteiger partial charge in [0.1, 0.15) is 0 Å². The van der Waals surface area contributed by atoms with Crippen molar-refractivity contribution in [1.82, 2.24) is 0 Å². The maximum atomic E-state index is 11.9. The molecule has 0 amide bonds. The van der Waals surface area contributed by atoms with E-state index in [1.54, 1.807) is 0 Å². The lowest BCUT2D eigenvalue weighted by molar-refractivity contribution is 0.0983. The van der Waals surface area contributed by atoms with E-state index in [4.69, 9.17) is 0 Å². The molecule has 0 bridgehead atoms. The summed E-state index contributed by atoms with van der Waals surface area (Å²) >= 11 is 0. The maximum absolute atomic E-state index is 11.9. The first-order valence-electron chi connectivity index (χ1n) is 6.97. The number of benzene rings is 1. The Hall–Kier alpha value is -1.63. The first-order valence-corrected chi connectivity index (χ1v) is 6.97. The monoisotopic (exact) mass is 256 g/mol. The fourth-order valence-corrected chi connectivity index (χ4v) is 1.91. The van der Waals surface area contributed by atoms with Crippen molar-refractivity contribution in [3.8, 4) is 0 Å². The Labute approximate surface area is 117 Å². The van der Waals surface area contributed by atoms with E-state index in [9.17, 15) is 4.79 Å². The molecule has 0 radical (unpaired) electrons. The molecule has 0 unspecified atom stereocenters. The minimum Gasteiger partial charge on any atom is -0.294 e. The van der Waals surface area contributed by atoms with Gasteiger partial charge in [0.15, 0.2) is 5.78 Å². The molecule has 0 aliphatic carbocycles. The zero-order chi connectivity index (χ0) is 14.1. The van der Waals surface area contributed by atoms with Crippen LogP contribution < -0.4 is 0 Å². The number of ketones is 1. The van der Waals surface area contributed by atoms with Crippen LogP contribution in [-0.2, 0) is 0 Å². The molecule has 0 saturated heterocycles. The van der Waals surface area contributed by atoms with E-state index in [-0.39, 0.29) is 5.78 Å². The molecule has 0 atom stereocenters. The molecule has 0 heterocycles. The second kappa shape index (κ2) is 8.47. The number of hydrogen-bond donors (Lipinski definition) is 0. The van der Waals surface area contributed by atoms with Gasteiger partial charge in [-0.25, -0.2) is 0 Å². The van der Waals surface area contributed by atoms with Crippen LogP contribution in [-0.4, -0.2) is 5.78 Å². The summed E-state index contributed by atoms with van der Waals surface area (Å²) in [4.78, 5) is 11.9. The fraction of sp³-hybridized carbons (Fsp3) is 0.389. The van der Waals surface area contributed by atoms with Gasteiger partial charge in [-0.2, -0.15) is 0 Å². The van der Waals surface area contributed by atoms with Crippen LogP contribution in [0.4, 0.5) is 0 Å². The molecule has 0 saturated carbocycles. The Kier molecular flexibility index (Phi) is 6.88. The molecule has 0 spiro atoms. The van der Waals surface area contributed by atoms with Crippen molar-refractivity contribution in [2.45, 2.75) is 46.5 Å². The fourth-order valence-electron chi connectivity index (χ4n) is 1.91. The third kappa shape index (κ3) is 6.76. The highest BCUT2D eigenvalue weighted by Crippen LogP contribution is 2.10. The Morgan fingerprint density at radius 1 is 0.947 bits per heavy atom. The van der Waals surface area contributed by atoms with Gasteiger partial charge >= 0.3 is 0 Å². The largest absolute Gasteiger partial charge is 0.294 e. The molecule has 0 N–H and O–H groups in total. The molecule has 1 nitrogen and oxygen atoms in total. The normalized spacial score (nSPS) is 11.2. The quantitative estimate of drug-likeness (QED) is 0.475. The number of Topliss-reactive ketones (excluding diaryl/α,β-unsaturated/α-hetero) is 1. The number of hydrogen-bond acceptors (Lipinski definition) is 1. The Morgan fingerprint density at radius 2 is 1.58 bits per heavy atom. The second-order valence-electron chi connectivity index (χ2n) is 5.20. The minimum absolute atomic E-state index is 0.231. The summed E-state index contributed by atoms with van der Waals surface area (Å²) in [6, 6.07) is 9.52. The average Bonchev–Trinajstić information content (AvgIpc) is 2.39. The summed E-state index contributed by atoms with van der Waals surface area (Å²) in [5.41, 5.74) is 3.56. The molecule has 0 aliphatic rings. The third-order valence-corrected chi connectivity index (χ3v) is 3.05. The molecule has 1 rings (SSSR count). The number of carbonyl (C=O) groups excluding carboxylic acids is 1. The summed E-state index contributed by atoms with van der Waals surface area (Å²) in [5, 5.41) is 0. The molecule has 0 aromatic heterocycles. The van der Waals surface area contributed by atoms with Crippen molar-refractivity contribution in [3.63, 3.8) is 0 Å². The predicted octanol–water partition coefficient (Wildman–Crippen LogP) is 5.34. The first kappa shape index (κ1) is 15.4. The lowest BCUT2D eigenvalue weighted by atomic mass is 10.0. The van der Waals surface area contributed by atoms with E-state index in [1.165, 1.54) is 11.1 Å². The van der Waals surface area contributed by atoms with E-state index in [2.05, 4.69) is 32.9 Å². The summed E-state index contributed by atoms with van der Waals surface area (Å²) in [5.74, 6) is 0.231. The van der Waals surface area contributed by atoms with Crippen LogP contribution >= 0.6 is 0 Å². The topological polar surface area (TPSA) is 17.1 Å². The number of rotatable bonds is 7. The second-order valence-corrected chi connectivity index (χ2v) is 5.20. The Balaban J connectivity index is 2.33. The minimum atomic E-state index is 0.231. The molecule has 0 aliphatic heterocycles. The van der Waals surface area contributed by atoms with Crippen LogP contribution in [0.1, 0.15) is 56.8 Å². The molecule has 1 aromatic rings. The van der Waals surface area contributed by atoms with Crippen molar-refractivity contribution >= 4 is 5.78 Å². The van der Waals surface area contributed by atoms with E-state index < -0.39 is 0 Å². The highest BCUT2D eigenvalue weighted by Gasteiger charge is 2.02. The summed E-state index contributed by atoms with van der Waals surface area (Å²) < 4.78 is 0. The summed E-state index contributed by atoms with van der Waals surface area (Å²) in [6.07, 6.45) is 8.08. The van der Waals surface area contributed by atoms with E-state index >= 15 is 0 Å². The predicted molar refractivity (Wildman–Crippen MR) is 82.4 cm³/mol. The molecule has 0 fully saturated rings. The van der Waals surface area contributed by atoms with Gasteiger partial charge < -0.3 is 0 Å². The zero-order valence-electron chi connectivity index (χ0n) is 12.3. The third-order valence-electron chi connectivity index (χ3n) is 3.05. The Bertz CT molecular complexity index is 448.